The summed E-state index contributed by atoms with van der Waals surface area (Å²) in [6.45, 7) is 4.07. The molecular weight excluding hydrogens is 279 g/mol. The zero-order valence-corrected chi connectivity index (χ0v) is 11.5. The third-order valence-corrected chi connectivity index (χ3v) is 3.56. The molecule has 0 radical (unpaired) electrons. The van der Waals surface area contributed by atoms with Crippen molar-refractivity contribution in [3.63, 3.8) is 0 Å². The Morgan fingerprint density at radius 2 is 2.05 bits per heavy atom. The monoisotopic (exact) mass is 295 g/mol. The van der Waals surface area contributed by atoms with Crippen LogP contribution in [0.2, 0.25) is 0 Å². The smallest absolute Gasteiger partial charge is 0.406 e. The lowest BCUT2D eigenvalue weighted by Gasteiger charge is -2.10. The van der Waals surface area contributed by atoms with Gasteiger partial charge in [-0.1, -0.05) is 12.1 Å². The summed E-state index contributed by atoms with van der Waals surface area (Å²) in [5, 5.41) is -0.0000953. The van der Waals surface area contributed by atoms with Crippen molar-refractivity contribution in [1.82, 2.24) is 4.72 Å². The average Bonchev–Trinajstić information content (AvgIpc) is 2.26. The number of benzene rings is 1. The highest BCUT2D eigenvalue weighted by Crippen LogP contribution is 2.23. The molecular formula is C12H16F3NO2S. The van der Waals surface area contributed by atoms with Crippen LogP contribution in [0, 0.1) is 0 Å². The van der Waals surface area contributed by atoms with Crippen molar-refractivity contribution in [2.45, 2.75) is 31.9 Å². The van der Waals surface area contributed by atoms with Crippen LogP contribution in [0.3, 0.4) is 0 Å². The van der Waals surface area contributed by atoms with Crippen molar-refractivity contribution >= 4 is 11.0 Å². The highest BCUT2D eigenvalue weighted by molar-refractivity contribution is 7.83. The molecule has 108 valence electrons. The number of ether oxygens (including phenoxy) is 1. The van der Waals surface area contributed by atoms with Crippen molar-refractivity contribution in [3.05, 3.63) is 29.8 Å². The van der Waals surface area contributed by atoms with E-state index in [0.717, 1.165) is 0 Å². The van der Waals surface area contributed by atoms with E-state index in [0.29, 0.717) is 18.5 Å². The number of halogens is 3. The lowest BCUT2D eigenvalue weighted by Crippen LogP contribution is -2.26. The fourth-order valence-electron chi connectivity index (χ4n) is 1.36. The molecule has 19 heavy (non-hydrogen) atoms. The standard InChI is InChI=1S/C12H16F3NO2S/c1-9(2)19(17)16-7-6-10-4-3-5-11(8-10)18-12(13,14)15/h3-5,8-9,16H,6-7H2,1-2H3. The molecule has 1 N–H and O–H groups in total. The van der Waals surface area contributed by atoms with Gasteiger partial charge >= 0.3 is 6.36 Å². The predicted octanol–water partition coefficient (Wildman–Crippen LogP) is 2.79. The van der Waals surface area contributed by atoms with Gasteiger partial charge in [0.25, 0.3) is 0 Å². The van der Waals surface area contributed by atoms with Crippen LogP contribution in [0.5, 0.6) is 5.75 Å². The van der Waals surface area contributed by atoms with E-state index in [2.05, 4.69) is 9.46 Å². The minimum atomic E-state index is -4.68. The Hall–Kier alpha value is -1.08. The number of nitrogens with one attached hydrogen (secondary N) is 1. The lowest BCUT2D eigenvalue weighted by molar-refractivity contribution is -0.274. The molecule has 0 aliphatic heterocycles. The average molecular weight is 295 g/mol. The summed E-state index contributed by atoms with van der Waals surface area (Å²) in [5.41, 5.74) is 0.690. The van der Waals surface area contributed by atoms with E-state index in [1.807, 2.05) is 13.8 Å². The van der Waals surface area contributed by atoms with Gasteiger partial charge < -0.3 is 4.74 Å². The van der Waals surface area contributed by atoms with Crippen LogP contribution in [-0.4, -0.2) is 22.4 Å². The highest BCUT2D eigenvalue weighted by atomic mass is 32.2. The Bertz CT molecular complexity index is 435. The maximum absolute atomic E-state index is 12.0. The summed E-state index contributed by atoms with van der Waals surface area (Å²) in [7, 11) is -1.13. The van der Waals surface area contributed by atoms with Crippen LogP contribution in [-0.2, 0) is 17.4 Å². The molecule has 0 aliphatic rings. The van der Waals surface area contributed by atoms with Gasteiger partial charge in [0.1, 0.15) is 5.75 Å². The zero-order valence-electron chi connectivity index (χ0n) is 10.7. The van der Waals surface area contributed by atoms with E-state index < -0.39 is 17.3 Å². The quantitative estimate of drug-likeness (QED) is 0.876. The maximum atomic E-state index is 12.0. The first-order valence-electron chi connectivity index (χ1n) is 5.76. The molecule has 1 aromatic carbocycles. The molecule has 0 saturated carbocycles. The number of hydrogen-bond acceptors (Lipinski definition) is 2. The third kappa shape index (κ3) is 6.58. The van der Waals surface area contributed by atoms with Crippen LogP contribution < -0.4 is 9.46 Å². The highest BCUT2D eigenvalue weighted by Gasteiger charge is 2.31. The van der Waals surface area contributed by atoms with Crippen LogP contribution in [0.4, 0.5) is 13.2 Å². The zero-order chi connectivity index (χ0) is 14.5. The van der Waals surface area contributed by atoms with Crippen molar-refractivity contribution in [1.29, 1.82) is 0 Å². The molecule has 0 spiro atoms. The van der Waals surface area contributed by atoms with Gasteiger partial charge in [0.05, 0.1) is 11.0 Å². The largest absolute Gasteiger partial charge is 0.573 e. The number of hydrogen-bond donors (Lipinski definition) is 1. The first-order valence-corrected chi connectivity index (χ1v) is 6.98. The molecule has 1 rings (SSSR count). The minimum absolute atomic E-state index is 0.0000953. The summed E-state index contributed by atoms with van der Waals surface area (Å²) < 4.78 is 54.2. The van der Waals surface area contributed by atoms with Gasteiger partial charge in [-0.25, -0.2) is 8.93 Å². The molecule has 3 nitrogen and oxygen atoms in total. The summed E-state index contributed by atoms with van der Waals surface area (Å²) in [5.74, 6) is -0.241. The summed E-state index contributed by atoms with van der Waals surface area (Å²) in [4.78, 5) is 0. The summed E-state index contributed by atoms with van der Waals surface area (Å²) >= 11 is 0. The normalized spacial score (nSPS) is 13.6. The summed E-state index contributed by atoms with van der Waals surface area (Å²) in [6.07, 6.45) is -4.20. The Balaban J connectivity index is 2.51. The topological polar surface area (TPSA) is 38.3 Å². The lowest BCUT2D eigenvalue weighted by atomic mass is 10.1. The first kappa shape index (κ1) is 16.0. The molecule has 1 atom stereocenters. The van der Waals surface area contributed by atoms with Gasteiger partial charge in [0, 0.05) is 11.8 Å². The van der Waals surface area contributed by atoms with Crippen LogP contribution in [0.1, 0.15) is 19.4 Å². The van der Waals surface area contributed by atoms with Gasteiger partial charge in [0.15, 0.2) is 0 Å². The van der Waals surface area contributed by atoms with Gasteiger partial charge in [-0.05, 0) is 38.0 Å². The second-order valence-electron chi connectivity index (χ2n) is 4.19. The molecule has 1 aromatic rings. The fraction of sp³-hybridized carbons (Fsp3) is 0.500. The number of alkyl halides is 3. The van der Waals surface area contributed by atoms with E-state index in [1.54, 1.807) is 6.07 Å². The second-order valence-corrected chi connectivity index (χ2v) is 6.01. The summed E-state index contributed by atoms with van der Waals surface area (Å²) in [6, 6.07) is 5.77. The minimum Gasteiger partial charge on any atom is -0.406 e. The van der Waals surface area contributed by atoms with Crippen molar-refractivity contribution in [2.75, 3.05) is 6.54 Å². The van der Waals surface area contributed by atoms with E-state index in [4.69, 9.17) is 0 Å². The Morgan fingerprint density at radius 1 is 1.37 bits per heavy atom. The third-order valence-electron chi connectivity index (χ3n) is 2.22. The number of rotatable bonds is 6. The molecule has 7 heteroatoms. The van der Waals surface area contributed by atoms with E-state index >= 15 is 0 Å². The molecule has 0 aliphatic carbocycles. The molecule has 0 aromatic heterocycles. The Morgan fingerprint density at radius 3 is 2.63 bits per heavy atom. The first-order chi connectivity index (χ1) is 8.78. The Kier molecular flexibility index (Phi) is 5.81. The maximum Gasteiger partial charge on any atom is 0.573 e. The van der Waals surface area contributed by atoms with Crippen molar-refractivity contribution in [3.8, 4) is 5.75 Å². The predicted molar refractivity (Wildman–Crippen MR) is 68.1 cm³/mol. The molecule has 0 fully saturated rings. The van der Waals surface area contributed by atoms with E-state index in [-0.39, 0.29) is 11.0 Å². The van der Waals surface area contributed by atoms with Crippen molar-refractivity contribution < 1.29 is 22.1 Å². The van der Waals surface area contributed by atoms with Gasteiger partial charge in [-0.15, -0.1) is 13.2 Å². The van der Waals surface area contributed by atoms with Crippen molar-refractivity contribution in [2.24, 2.45) is 0 Å². The molecule has 0 amide bonds. The van der Waals surface area contributed by atoms with Crippen LogP contribution in [0.25, 0.3) is 0 Å². The van der Waals surface area contributed by atoms with Crippen LogP contribution in [0.15, 0.2) is 24.3 Å². The fourth-order valence-corrected chi connectivity index (χ4v) is 2.00. The molecule has 0 saturated heterocycles. The van der Waals surface area contributed by atoms with Gasteiger partial charge in [0.2, 0.25) is 0 Å². The van der Waals surface area contributed by atoms with Gasteiger partial charge in [-0.2, -0.15) is 0 Å². The molecule has 0 heterocycles. The second kappa shape index (κ2) is 6.91. The molecule has 1 unspecified atom stereocenters. The van der Waals surface area contributed by atoms with E-state index in [9.17, 15) is 17.4 Å². The van der Waals surface area contributed by atoms with Crippen LogP contribution >= 0.6 is 0 Å². The van der Waals surface area contributed by atoms with Gasteiger partial charge in [-0.3, -0.25) is 0 Å². The SMILES string of the molecule is CC(C)S(=O)NCCc1cccc(OC(F)(F)F)c1. The molecule has 0 bridgehead atoms. The van der Waals surface area contributed by atoms with E-state index in [1.165, 1.54) is 18.2 Å². The Labute approximate surface area is 112 Å².